The minimum absolute atomic E-state index is 0.222. The summed E-state index contributed by atoms with van der Waals surface area (Å²) in [5, 5.41) is 14.1. The first-order chi connectivity index (χ1) is 17.0. The van der Waals surface area contributed by atoms with Gasteiger partial charge in [0.1, 0.15) is 24.3 Å². The number of ether oxygens (including phenoxy) is 2. The first-order valence-corrected chi connectivity index (χ1v) is 13.0. The average Bonchev–Trinajstić information content (AvgIpc) is 3.56. The van der Waals surface area contributed by atoms with Crippen molar-refractivity contribution < 1.29 is 14.6 Å². The molecule has 2 N–H and O–H groups in total. The summed E-state index contributed by atoms with van der Waals surface area (Å²) in [4.78, 5) is 18.4. The number of aryl methyl sites for hydroxylation is 1. The zero-order valence-electron chi connectivity index (χ0n) is 20.6. The van der Waals surface area contributed by atoms with Gasteiger partial charge in [0, 0.05) is 41.5 Å². The van der Waals surface area contributed by atoms with Crippen LogP contribution >= 0.6 is 11.3 Å². The van der Waals surface area contributed by atoms with Gasteiger partial charge in [-0.25, -0.2) is 15.0 Å². The van der Waals surface area contributed by atoms with Crippen LogP contribution in [0.25, 0.3) is 11.4 Å². The first-order valence-electron chi connectivity index (χ1n) is 12.2. The van der Waals surface area contributed by atoms with E-state index in [-0.39, 0.29) is 6.61 Å². The molecule has 5 rings (SSSR count). The zero-order valence-corrected chi connectivity index (χ0v) is 21.4. The highest BCUT2D eigenvalue weighted by molar-refractivity contribution is 7.11. The number of aromatic nitrogens is 3. The second-order valence-corrected chi connectivity index (χ2v) is 10.7. The number of likely N-dealkylation sites (N-methyl/N-ethyl adjacent to an activating group) is 1. The van der Waals surface area contributed by atoms with E-state index in [1.54, 1.807) is 11.3 Å². The van der Waals surface area contributed by atoms with Crippen LogP contribution in [0.1, 0.15) is 33.3 Å². The molecular weight excluding hydrogens is 462 g/mol. The van der Waals surface area contributed by atoms with E-state index in [1.807, 2.05) is 31.3 Å². The Bertz CT molecular complexity index is 1150. The smallest absolute Gasteiger partial charge is 0.161 e. The third kappa shape index (κ3) is 5.48. The molecule has 186 valence electrons. The van der Waals surface area contributed by atoms with Gasteiger partial charge in [-0.05, 0) is 51.8 Å². The molecule has 4 heterocycles. The van der Waals surface area contributed by atoms with Crippen molar-refractivity contribution >= 4 is 17.2 Å². The predicted molar refractivity (Wildman–Crippen MR) is 137 cm³/mol. The van der Waals surface area contributed by atoms with Gasteiger partial charge < -0.3 is 24.8 Å². The molecular formula is C26H33N5O3S. The van der Waals surface area contributed by atoms with Crippen molar-refractivity contribution in [2.45, 2.75) is 45.9 Å². The van der Waals surface area contributed by atoms with E-state index >= 15 is 0 Å². The first kappa shape index (κ1) is 24.1. The lowest BCUT2D eigenvalue weighted by Gasteiger charge is -2.22. The Morgan fingerprint density at radius 3 is 2.91 bits per heavy atom. The highest BCUT2D eigenvalue weighted by Crippen LogP contribution is 2.35. The van der Waals surface area contributed by atoms with E-state index < -0.39 is 6.10 Å². The number of anilines is 1. The molecule has 9 heteroatoms. The van der Waals surface area contributed by atoms with Crippen molar-refractivity contribution in [3.63, 3.8) is 0 Å². The molecule has 1 aromatic carbocycles. The second kappa shape index (κ2) is 10.6. The molecule has 2 aliphatic rings. The topological polar surface area (TPSA) is 92.6 Å². The van der Waals surface area contributed by atoms with Crippen LogP contribution in [0, 0.1) is 19.8 Å². The lowest BCUT2D eigenvalue weighted by molar-refractivity contribution is 0.108. The van der Waals surface area contributed by atoms with Crippen LogP contribution in [-0.2, 0) is 24.2 Å². The van der Waals surface area contributed by atoms with Crippen LogP contribution in [0.4, 0.5) is 5.82 Å². The molecule has 0 bridgehead atoms. The number of rotatable bonds is 9. The van der Waals surface area contributed by atoms with E-state index in [0.717, 1.165) is 72.5 Å². The van der Waals surface area contributed by atoms with Gasteiger partial charge in [0.25, 0.3) is 0 Å². The molecule has 1 fully saturated rings. The molecule has 3 aromatic rings. The standard InChI is InChI=1S/C26H33N5O3S/c1-16-22(9-18-7-8-33-14-18)29-25(19-5-4-6-21(10-19)34-15-20(32)11-27-3)30-26(16)31-12-23-24(13-31)35-17(2)28-23/h4-6,10,18,20,27,32H,7-9,11-15H2,1-3H3/t18-,20?/m0/s1. The Labute approximate surface area is 210 Å². The van der Waals surface area contributed by atoms with Crippen molar-refractivity contribution in [1.29, 1.82) is 0 Å². The van der Waals surface area contributed by atoms with Crippen LogP contribution in [0.15, 0.2) is 24.3 Å². The number of benzene rings is 1. The summed E-state index contributed by atoms with van der Waals surface area (Å²) < 4.78 is 11.5. The van der Waals surface area contributed by atoms with Crippen molar-refractivity contribution in [3.8, 4) is 17.1 Å². The summed E-state index contributed by atoms with van der Waals surface area (Å²) in [6, 6.07) is 7.81. The van der Waals surface area contributed by atoms with Crippen molar-refractivity contribution in [3.05, 3.63) is 51.1 Å². The largest absolute Gasteiger partial charge is 0.491 e. The molecule has 0 saturated carbocycles. The zero-order chi connectivity index (χ0) is 24.4. The van der Waals surface area contributed by atoms with E-state index in [0.29, 0.717) is 24.0 Å². The summed E-state index contributed by atoms with van der Waals surface area (Å²) in [7, 11) is 1.81. The molecule has 0 aliphatic carbocycles. The van der Waals surface area contributed by atoms with E-state index in [2.05, 4.69) is 24.1 Å². The maximum Gasteiger partial charge on any atom is 0.161 e. The van der Waals surface area contributed by atoms with Crippen molar-refractivity contribution in [2.75, 3.05) is 38.3 Å². The van der Waals surface area contributed by atoms with Gasteiger partial charge in [-0.3, -0.25) is 0 Å². The second-order valence-electron chi connectivity index (χ2n) is 9.39. The van der Waals surface area contributed by atoms with Gasteiger partial charge in [0.05, 0.1) is 23.8 Å². The molecule has 1 saturated heterocycles. The fourth-order valence-electron chi connectivity index (χ4n) is 4.73. The molecule has 2 aliphatic heterocycles. The van der Waals surface area contributed by atoms with Crippen LogP contribution in [0.5, 0.6) is 5.75 Å². The van der Waals surface area contributed by atoms with Crippen LogP contribution in [-0.4, -0.2) is 59.6 Å². The molecule has 35 heavy (non-hydrogen) atoms. The van der Waals surface area contributed by atoms with E-state index in [4.69, 9.17) is 24.4 Å². The van der Waals surface area contributed by atoms with Gasteiger partial charge in [-0.2, -0.15) is 0 Å². The fourth-order valence-corrected chi connectivity index (χ4v) is 5.70. The molecule has 2 aromatic heterocycles. The molecule has 0 spiro atoms. The summed E-state index contributed by atoms with van der Waals surface area (Å²) in [6.45, 7) is 8.12. The number of fused-ring (bicyclic) bond motifs is 1. The highest BCUT2D eigenvalue weighted by atomic mass is 32.1. The minimum atomic E-state index is -0.570. The Kier molecular flexibility index (Phi) is 7.29. The molecule has 2 atom stereocenters. The van der Waals surface area contributed by atoms with Gasteiger partial charge in [0.15, 0.2) is 5.82 Å². The lowest BCUT2D eigenvalue weighted by Crippen LogP contribution is -2.29. The quantitative estimate of drug-likeness (QED) is 0.467. The summed E-state index contributed by atoms with van der Waals surface area (Å²) >= 11 is 1.77. The summed E-state index contributed by atoms with van der Waals surface area (Å²) in [6.07, 6.45) is 1.38. The Morgan fingerprint density at radius 1 is 1.26 bits per heavy atom. The predicted octanol–water partition coefficient (Wildman–Crippen LogP) is 3.28. The Morgan fingerprint density at radius 2 is 2.14 bits per heavy atom. The van der Waals surface area contributed by atoms with Crippen LogP contribution in [0.3, 0.4) is 0 Å². The van der Waals surface area contributed by atoms with Crippen LogP contribution in [0.2, 0.25) is 0 Å². The number of thiazole rings is 1. The maximum absolute atomic E-state index is 10.00. The maximum atomic E-state index is 10.00. The molecule has 1 unspecified atom stereocenters. The third-order valence-electron chi connectivity index (χ3n) is 6.56. The van der Waals surface area contributed by atoms with Gasteiger partial charge in [0.2, 0.25) is 0 Å². The number of nitrogens with one attached hydrogen (secondary N) is 1. The number of hydrogen-bond donors (Lipinski definition) is 2. The number of aliphatic hydroxyl groups excluding tert-OH is 1. The van der Waals surface area contributed by atoms with Gasteiger partial charge in [-0.15, -0.1) is 11.3 Å². The minimum Gasteiger partial charge on any atom is -0.491 e. The van der Waals surface area contributed by atoms with E-state index in [1.165, 1.54) is 4.88 Å². The number of aliphatic hydroxyl groups is 1. The summed E-state index contributed by atoms with van der Waals surface area (Å²) in [5.41, 5.74) is 4.28. The Hall–Kier alpha value is -2.59. The molecule has 8 nitrogen and oxygen atoms in total. The molecule has 0 radical (unpaired) electrons. The Balaban J connectivity index is 1.45. The van der Waals surface area contributed by atoms with Crippen LogP contribution < -0.4 is 15.0 Å². The average molecular weight is 496 g/mol. The normalized spacial score (nSPS) is 18.2. The number of hydrogen-bond acceptors (Lipinski definition) is 9. The van der Waals surface area contributed by atoms with Crippen molar-refractivity contribution in [1.82, 2.24) is 20.3 Å². The van der Waals surface area contributed by atoms with Crippen molar-refractivity contribution in [2.24, 2.45) is 5.92 Å². The van der Waals surface area contributed by atoms with Gasteiger partial charge in [-0.1, -0.05) is 12.1 Å². The lowest BCUT2D eigenvalue weighted by atomic mass is 9.99. The number of nitrogens with zero attached hydrogens (tertiary/aromatic N) is 4. The highest BCUT2D eigenvalue weighted by Gasteiger charge is 2.28. The van der Waals surface area contributed by atoms with E-state index in [9.17, 15) is 5.11 Å². The SMILES string of the molecule is CNCC(O)COc1cccc(-c2nc(C[C@@H]3CCOC3)c(C)c(N3Cc4nc(C)sc4C3)n2)c1. The van der Waals surface area contributed by atoms with Gasteiger partial charge >= 0.3 is 0 Å². The molecule has 0 amide bonds. The third-order valence-corrected chi connectivity index (χ3v) is 7.56. The summed E-state index contributed by atoms with van der Waals surface area (Å²) in [5.74, 6) is 2.84. The fraction of sp³-hybridized carbons (Fsp3) is 0.500. The monoisotopic (exact) mass is 495 g/mol.